The fraction of sp³-hybridized carbons (Fsp3) is 0.357. The molecule has 3 rings (SSSR count). The van der Waals surface area contributed by atoms with E-state index in [2.05, 4.69) is 15.0 Å². The van der Waals surface area contributed by atoms with Crippen LogP contribution < -0.4 is 4.90 Å². The van der Waals surface area contributed by atoms with Gasteiger partial charge < -0.3 is 4.90 Å². The highest BCUT2D eigenvalue weighted by Crippen LogP contribution is 2.33. The number of rotatable bonds is 4. The Hall–Kier alpha value is -2.18. The summed E-state index contributed by atoms with van der Waals surface area (Å²) in [7, 11) is 0. The first-order valence-electron chi connectivity index (χ1n) is 6.61. The molecule has 1 saturated carbocycles. The van der Waals surface area contributed by atoms with Crippen molar-refractivity contribution < 1.29 is 13.2 Å². The SMILES string of the molecule is FC(F)(F)c1ccnc(N(Cc2ccccn2)C2CC2)n1. The second-order valence-corrected chi connectivity index (χ2v) is 4.92. The largest absolute Gasteiger partial charge is 0.433 e. The van der Waals surface area contributed by atoms with E-state index >= 15 is 0 Å². The van der Waals surface area contributed by atoms with Gasteiger partial charge in [0, 0.05) is 18.4 Å². The Morgan fingerprint density at radius 3 is 2.52 bits per heavy atom. The van der Waals surface area contributed by atoms with E-state index in [0.717, 1.165) is 30.8 Å². The molecule has 0 spiro atoms. The molecule has 2 aromatic rings. The number of nitrogens with zero attached hydrogens (tertiary/aromatic N) is 4. The van der Waals surface area contributed by atoms with Crippen molar-refractivity contribution in [3.05, 3.63) is 48.0 Å². The zero-order valence-corrected chi connectivity index (χ0v) is 11.1. The number of pyridine rings is 1. The van der Waals surface area contributed by atoms with Crippen molar-refractivity contribution in [1.29, 1.82) is 0 Å². The van der Waals surface area contributed by atoms with Gasteiger partial charge in [0.05, 0.1) is 12.2 Å². The van der Waals surface area contributed by atoms with Crippen LogP contribution >= 0.6 is 0 Å². The molecule has 2 aromatic heterocycles. The van der Waals surface area contributed by atoms with Crippen LogP contribution in [0.15, 0.2) is 36.7 Å². The number of hydrogen-bond donors (Lipinski definition) is 0. The highest BCUT2D eigenvalue weighted by atomic mass is 19.4. The molecular formula is C14H13F3N4. The van der Waals surface area contributed by atoms with Gasteiger partial charge in [-0.25, -0.2) is 9.97 Å². The summed E-state index contributed by atoms with van der Waals surface area (Å²) < 4.78 is 38.3. The summed E-state index contributed by atoms with van der Waals surface area (Å²) in [4.78, 5) is 13.7. The third-order valence-corrected chi connectivity index (χ3v) is 3.24. The van der Waals surface area contributed by atoms with Crippen LogP contribution in [0, 0.1) is 0 Å². The van der Waals surface area contributed by atoms with Gasteiger partial charge in [-0.15, -0.1) is 0 Å². The van der Waals surface area contributed by atoms with Crippen molar-refractivity contribution in [2.75, 3.05) is 4.90 Å². The zero-order valence-electron chi connectivity index (χ0n) is 11.1. The smallest absolute Gasteiger partial charge is 0.332 e. The standard InChI is InChI=1S/C14H13F3N4/c15-14(16,17)12-6-8-19-13(20-12)21(11-4-5-11)9-10-3-1-2-7-18-10/h1-3,6-8,11H,4-5,9H2. The van der Waals surface area contributed by atoms with E-state index in [0.29, 0.717) is 6.54 Å². The van der Waals surface area contributed by atoms with Gasteiger partial charge >= 0.3 is 6.18 Å². The molecule has 1 aliphatic carbocycles. The molecule has 0 atom stereocenters. The molecule has 1 fully saturated rings. The molecule has 1 aliphatic rings. The maximum atomic E-state index is 12.8. The molecule has 0 aliphatic heterocycles. The van der Waals surface area contributed by atoms with Crippen LogP contribution in [0.4, 0.5) is 19.1 Å². The highest BCUT2D eigenvalue weighted by Gasteiger charge is 2.35. The topological polar surface area (TPSA) is 41.9 Å². The Balaban J connectivity index is 1.88. The van der Waals surface area contributed by atoms with Crippen molar-refractivity contribution in [3.63, 3.8) is 0 Å². The van der Waals surface area contributed by atoms with Gasteiger partial charge in [-0.2, -0.15) is 13.2 Å². The van der Waals surface area contributed by atoms with Gasteiger partial charge in [0.15, 0.2) is 0 Å². The summed E-state index contributed by atoms with van der Waals surface area (Å²) >= 11 is 0. The molecule has 0 bridgehead atoms. The first-order chi connectivity index (χ1) is 10.0. The molecular weight excluding hydrogens is 281 g/mol. The Labute approximate surface area is 119 Å². The molecule has 0 N–H and O–H groups in total. The lowest BCUT2D eigenvalue weighted by molar-refractivity contribution is -0.141. The molecule has 0 amide bonds. The Morgan fingerprint density at radius 1 is 1.10 bits per heavy atom. The predicted molar refractivity (Wildman–Crippen MR) is 70.5 cm³/mol. The molecule has 7 heteroatoms. The second kappa shape index (κ2) is 5.31. The summed E-state index contributed by atoms with van der Waals surface area (Å²) in [5.41, 5.74) is -0.135. The average molecular weight is 294 g/mol. The molecule has 0 radical (unpaired) electrons. The van der Waals surface area contributed by atoms with Crippen LogP contribution in [0.2, 0.25) is 0 Å². The Bertz CT molecular complexity index is 611. The highest BCUT2D eigenvalue weighted by molar-refractivity contribution is 5.36. The van der Waals surface area contributed by atoms with E-state index in [4.69, 9.17) is 0 Å². The Kier molecular flexibility index (Phi) is 3.48. The fourth-order valence-electron chi connectivity index (χ4n) is 2.06. The third-order valence-electron chi connectivity index (χ3n) is 3.24. The number of aromatic nitrogens is 3. The van der Waals surface area contributed by atoms with Crippen LogP contribution in [0.25, 0.3) is 0 Å². The molecule has 0 aromatic carbocycles. The minimum atomic E-state index is -4.46. The second-order valence-electron chi connectivity index (χ2n) is 4.92. The lowest BCUT2D eigenvalue weighted by Gasteiger charge is -2.22. The van der Waals surface area contributed by atoms with Gasteiger partial charge in [-0.05, 0) is 31.0 Å². The Morgan fingerprint density at radius 2 is 1.90 bits per heavy atom. The first-order valence-corrected chi connectivity index (χ1v) is 6.61. The summed E-state index contributed by atoms with van der Waals surface area (Å²) in [6.45, 7) is 0.410. The van der Waals surface area contributed by atoms with Gasteiger partial charge in [-0.3, -0.25) is 4.98 Å². The summed E-state index contributed by atoms with van der Waals surface area (Å²) in [6.07, 6.45) is 0.225. The quantitative estimate of drug-likeness (QED) is 0.869. The lowest BCUT2D eigenvalue weighted by Crippen LogP contribution is -2.28. The van der Waals surface area contributed by atoms with E-state index < -0.39 is 11.9 Å². The van der Waals surface area contributed by atoms with Gasteiger partial charge in [0.2, 0.25) is 5.95 Å². The van der Waals surface area contributed by atoms with Crippen molar-refractivity contribution in [3.8, 4) is 0 Å². The number of anilines is 1. The molecule has 0 unspecified atom stereocenters. The third kappa shape index (κ3) is 3.29. The minimum absolute atomic E-state index is 0.109. The zero-order chi connectivity index (χ0) is 14.9. The summed E-state index contributed by atoms with van der Waals surface area (Å²) in [5, 5.41) is 0. The van der Waals surface area contributed by atoms with E-state index in [1.807, 2.05) is 12.1 Å². The van der Waals surface area contributed by atoms with Crippen molar-refractivity contribution in [2.45, 2.75) is 31.6 Å². The van der Waals surface area contributed by atoms with Crippen molar-refractivity contribution >= 4 is 5.95 Å². The van der Waals surface area contributed by atoms with E-state index in [-0.39, 0.29) is 12.0 Å². The normalized spacial score (nSPS) is 15.0. The number of hydrogen-bond acceptors (Lipinski definition) is 4. The van der Waals surface area contributed by atoms with Crippen LogP contribution in [0.3, 0.4) is 0 Å². The van der Waals surface area contributed by atoms with Gasteiger partial charge in [-0.1, -0.05) is 6.07 Å². The van der Waals surface area contributed by atoms with Gasteiger partial charge in [0.25, 0.3) is 0 Å². The average Bonchev–Trinajstić information content (AvgIpc) is 3.30. The minimum Gasteiger partial charge on any atom is -0.332 e. The monoisotopic (exact) mass is 294 g/mol. The summed E-state index contributed by atoms with van der Waals surface area (Å²) in [6, 6.07) is 6.56. The predicted octanol–water partition coefficient (Wildman–Crippen LogP) is 3.06. The van der Waals surface area contributed by atoms with Crippen LogP contribution in [-0.4, -0.2) is 21.0 Å². The van der Waals surface area contributed by atoms with E-state index in [9.17, 15) is 13.2 Å². The van der Waals surface area contributed by atoms with Crippen LogP contribution in [0.1, 0.15) is 24.2 Å². The van der Waals surface area contributed by atoms with E-state index in [1.54, 1.807) is 17.2 Å². The lowest BCUT2D eigenvalue weighted by atomic mass is 10.3. The van der Waals surface area contributed by atoms with Crippen LogP contribution in [-0.2, 0) is 12.7 Å². The fourth-order valence-corrected chi connectivity index (χ4v) is 2.06. The first kappa shape index (κ1) is 13.8. The molecule has 21 heavy (non-hydrogen) atoms. The van der Waals surface area contributed by atoms with Crippen molar-refractivity contribution in [2.24, 2.45) is 0 Å². The number of halogens is 3. The maximum absolute atomic E-state index is 12.8. The molecule has 110 valence electrons. The van der Waals surface area contributed by atoms with Crippen molar-refractivity contribution in [1.82, 2.24) is 15.0 Å². The molecule has 4 nitrogen and oxygen atoms in total. The summed E-state index contributed by atoms with van der Waals surface area (Å²) in [5.74, 6) is 0.109. The maximum Gasteiger partial charge on any atom is 0.433 e. The molecule has 2 heterocycles. The number of alkyl halides is 3. The molecule has 0 saturated heterocycles. The van der Waals surface area contributed by atoms with E-state index in [1.165, 1.54) is 0 Å². The van der Waals surface area contributed by atoms with Gasteiger partial charge in [0.1, 0.15) is 5.69 Å². The van der Waals surface area contributed by atoms with Crippen LogP contribution in [0.5, 0.6) is 0 Å².